The molecule has 0 bridgehead atoms. The lowest BCUT2D eigenvalue weighted by molar-refractivity contribution is 0.305. The molecule has 6 heteroatoms. The van der Waals surface area contributed by atoms with Gasteiger partial charge in [-0.1, -0.05) is 23.4 Å². The molecule has 0 unspecified atom stereocenters. The Labute approximate surface area is 124 Å². The molecule has 0 heterocycles. The molecule has 2 rings (SSSR count). The third-order valence-corrected chi connectivity index (χ3v) is 4.86. The molecular formula is C14H16ClNO3S. The Kier molecular flexibility index (Phi) is 5.06. The molecule has 4 nitrogen and oxygen atoms in total. The maximum atomic E-state index is 12.1. The van der Waals surface area contributed by atoms with Crippen LogP contribution in [0.25, 0.3) is 0 Å². The minimum atomic E-state index is -3.56. The molecule has 0 amide bonds. The first-order valence-corrected chi connectivity index (χ1v) is 8.28. The molecular weight excluding hydrogens is 298 g/mol. The van der Waals surface area contributed by atoms with E-state index in [1.807, 2.05) is 0 Å². The molecule has 1 saturated carbocycles. The largest absolute Gasteiger partial charge is 0.395 e. The molecule has 2 N–H and O–H groups in total. The van der Waals surface area contributed by atoms with Crippen LogP contribution in [0, 0.1) is 17.8 Å². The van der Waals surface area contributed by atoms with Gasteiger partial charge in [-0.2, -0.15) is 0 Å². The van der Waals surface area contributed by atoms with Gasteiger partial charge >= 0.3 is 0 Å². The summed E-state index contributed by atoms with van der Waals surface area (Å²) >= 11 is 6.02. The molecule has 0 spiro atoms. The summed E-state index contributed by atoms with van der Waals surface area (Å²) in [5, 5.41) is 8.80. The number of sulfonamides is 1. The summed E-state index contributed by atoms with van der Waals surface area (Å²) in [5.41, 5.74) is 0.629. The first kappa shape index (κ1) is 15.3. The maximum Gasteiger partial charge on any atom is 0.242 e. The summed E-state index contributed by atoms with van der Waals surface area (Å²) in [6, 6.07) is 4.60. The van der Waals surface area contributed by atoms with Gasteiger partial charge in [-0.3, -0.25) is 0 Å². The van der Waals surface area contributed by atoms with Crippen LogP contribution in [0.1, 0.15) is 24.8 Å². The van der Waals surface area contributed by atoms with E-state index < -0.39 is 10.0 Å². The molecule has 0 atom stereocenters. The van der Waals surface area contributed by atoms with Crippen LogP contribution in [-0.4, -0.2) is 26.7 Å². The van der Waals surface area contributed by atoms with Gasteiger partial charge in [0.2, 0.25) is 10.0 Å². The second kappa shape index (κ2) is 6.59. The zero-order valence-electron chi connectivity index (χ0n) is 10.9. The van der Waals surface area contributed by atoms with Gasteiger partial charge in [0, 0.05) is 18.5 Å². The van der Waals surface area contributed by atoms with Crippen molar-refractivity contribution in [1.29, 1.82) is 0 Å². The number of nitrogens with one attached hydrogen (secondary N) is 1. The van der Waals surface area contributed by atoms with Crippen LogP contribution in [0.15, 0.2) is 23.1 Å². The van der Waals surface area contributed by atoms with Crippen molar-refractivity contribution in [2.45, 2.75) is 24.2 Å². The van der Waals surface area contributed by atoms with E-state index >= 15 is 0 Å². The van der Waals surface area contributed by atoms with Crippen molar-refractivity contribution in [2.24, 2.45) is 5.92 Å². The minimum absolute atomic E-state index is 0.00170. The molecule has 1 aliphatic rings. The Balaban J connectivity index is 2.14. The average molecular weight is 314 g/mol. The Morgan fingerprint density at radius 3 is 2.75 bits per heavy atom. The number of benzene rings is 1. The van der Waals surface area contributed by atoms with Crippen molar-refractivity contribution < 1.29 is 13.5 Å². The quantitative estimate of drug-likeness (QED) is 0.814. The van der Waals surface area contributed by atoms with Crippen molar-refractivity contribution in [3.63, 3.8) is 0 Å². The van der Waals surface area contributed by atoms with Gasteiger partial charge in [0.25, 0.3) is 0 Å². The molecule has 1 aliphatic carbocycles. The van der Waals surface area contributed by atoms with Gasteiger partial charge in [-0.25, -0.2) is 13.1 Å². The van der Waals surface area contributed by atoms with Gasteiger partial charge < -0.3 is 5.11 Å². The SMILES string of the molecule is O=S(=O)(NCC1CC1)c1ccc(C#CCCO)cc1Cl. The van der Waals surface area contributed by atoms with E-state index in [1.54, 1.807) is 6.07 Å². The van der Waals surface area contributed by atoms with Crippen molar-refractivity contribution in [1.82, 2.24) is 4.72 Å². The number of rotatable bonds is 5. The van der Waals surface area contributed by atoms with Crippen LogP contribution in [0.4, 0.5) is 0 Å². The maximum absolute atomic E-state index is 12.1. The number of hydrogen-bond donors (Lipinski definition) is 2. The standard InChI is InChI=1S/C14H16ClNO3S/c15-13-9-11(3-1-2-8-17)6-7-14(13)20(18,19)16-10-12-4-5-12/h6-7,9,12,16-17H,2,4-5,8,10H2. The van der Waals surface area contributed by atoms with Gasteiger partial charge in [0.15, 0.2) is 0 Å². The van der Waals surface area contributed by atoms with E-state index in [4.69, 9.17) is 16.7 Å². The molecule has 20 heavy (non-hydrogen) atoms. The highest BCUT2D eigenvalue weighted by Gasteiger charge is 2.25. The molecule has 0 aliphatic heterocycles. The first-order valence-electron chi connectivity index (χ1n) is 6.42. The Morgan fingerprint density at radius 1 is 1.40 bits per heavy atom. The third kappa shape index (κ3) is 4.22. The van der Waals surface area contributed by atoms with E-state index in [-0.39, 0.29) is 16.5 Å². The number of aliphatic hydroxyl groups is 1. The van der Waals surface area contributed by atoms with Crippen LogP contribution >= 0.6 is 11.6 Å². The predicted molar refractivity (Wildman–Crippen MR) is 77.9 cm³/mol. The molecule has 1 fully saturated rings. The highest BCUT2D eigenvalue weighted by atomic mass is 35.5. The number of hydrogen-bond acceptors (Lipinski definition) is 3. The Hall–Kier alpha value is -1.06. The van der Waals surface area contributed by atoms with E-state index in [9.17, 15) is 8.42 Å². The van der Waals surface area contributed by atoms with Crippen LogP contribution in [0.3, 0.4) is 0 Å². The van der Waals surface area contributed by atoms with Crippen molar-refractivity contribution >= 4 is 21.6 Å². The zero-order chi connectivity index (χ0) is 14.6. The Bertz CT molecular complexity index is 642. The van der Waals surface area contributed by atoms with Crippen LogP contribution in [0.5, 0.6) is 0 Å². The van der Waals surface area contributed by atoms with Crippen molar-refractivity contribution in [2.75, 3.05) is 13.2 Å². The highest BCUT2D eigenvalue weighted by molar-refractivity contribution is 7.89. The van der Waals surface area contributed by atoms with Crippen LogP contribution in [0.2, 0.25) is 5.02 Å². The molecule has 1 aromatic rings. The fraction of sp³-hybridized carbons (Fsp3) is 0.429. The number of aliphatic hydroxyl groups excluding tert-OH is 1. The lowest BCUT2D eigenvalue weighted by Crippen LogP contribution is -2.26. The van der Waals surface area contributed by atoms with Gasteiger partial charge in [-0.15, -0.1) is 0 Å². The van der Waals surface area contributed by atoms with Gasteiger partial charge in [0.05, 0.1) is 11.6 Å². The third-order valence-electron chi connectivity index (χ3n) is 2.95. The van der Waals surface area contributed by atoms with Crippen LogP contribution < -0.4 is 4.72 Å². The second-order valence-corrected chi connectivity index (χ2v) is 6.86. The van der Waals surface area contributed by atoms with E-state index in [0.29, 0.717) is 24.4 Å². The smallest absolute Gasteiger partial charge is 0.242 e. The molecule has 0 radical (unpaired) electrons. The average Bonchev–Trinajstić information content (AvgIpc) is 3.21. The second-order valence-electron chi connectivity index (χ2n) is 4.72. The minimum Gasteiger partial charge on any atom is -0.395 e. The summed E-state index contributed by atoms with van der Waals surface area (Å²) < 4.78 is 26.8. The zero-order valence-corrected chi connectivity index (χ0v) is 12.5. The predicted octanol–water partition coefficient (Wildman–Crippen LogP) is 1.76. The van der Waals surface area contributed by atoms with Crippen molar-refractivity contribution in [3.05, 3.63) is 28.8 Å². The lowest BCUT2D eigenvalue weighted by Gasteiger charge is -2.08. The van der Waals surface area contributed by atoms with Gasteiger partial charge in [-0.05, 0) is 37.0 Å². The highest BCUT2D eigenvalue weighted by Crippen LogP contribution is 2.29. The monoisotopic (exact) mass is 313 g/mol. The topological polar surface area (TPSA) is 66.4 Å². The fourth-order valence-corrected chi connectivity index (χ4v) is 3.30. The summed E-state index contributed by atoms with van der Waals surface area (Å²) in [5.74, 6) is 6.04. The van der Waals surface area contributed by atoms with Crippen LogP contribution in [-0.2, 0) is 10.0 Å². The summed E-state index contributed by atoms with van der Waals surface area (Å²) in [7, 11) is -3.56. The molecule has 0 saturated heterocycles. The number of halogens is 1. The van der Waals surface area contributed by atoms with E-state index in [2.05, 4.69) is 16.6 Å². The van der Waals surface area contributed by atoms with Gasteiger partial charge in [0.1, 0.15) is 4.90 Å². The van der Waals surface area contributed by atoms with E-state index in [0.717, 1.165) is 12.8 Å². The molecule has 108 valence electrons. The molecule has 0 aromatic heterocycles. The summed E-state index contributed by atoms with van der Waals surface area (Å²) in [6.07, 6.45) is 2.53. The summed E-state index contributed by atoms with van der Waals surface area (Å²) in [4.78, 5) is 0.0764. The van der Waals surface area contributed by atoms with E-state index in [1.165, 1.54) is 12.1 Å². The Morgan fingerprint density at radius 2 is 2.15 bits per heavy atom. The molecule has 1 aromatic carbocycles. The van der Waals surface area contributed by atoms with Crippen molar-refractivity contribution in [3.8, 4) is 11.8 Å². The normalized spacial score (nSPS) is 14.7. The lowest BCUT2D eigenvalue weighted by atomic mass is 10.2. The first-order chi connectivity index (χ1) is 9.53. The summed E-state index contributed by atoms with van der Waals surface area (Å²) in [6.45, 7) is 0.467. The fourth-order valence-electron chi connectivity index (χ4n) is 1.64.